The number of aliphatic hydroxyl groups is 1. The summed E-state index contributed by atoms with van der Waals surface area (Å²) in [5.41, 5.74) is -2.72. The third-order valence-corrected chi connectivity index (χ3v) is 12.3. The standard InChI is InChI=1S/C42H40F3N3O7/c43-42(44,45)34-26(29-14-9-15-46-29)20-30(53-21-23-10-3-1-4-11-23)32-27(34)18-25-19-28-35(48-16-7-8-17-48)37-33(39(51)41(28,52)38(50)31(25)36(32)49)40(47-55-37)54-22-24-12-5-2-6-13-24/h1-6,10-13,20,25,28-29,31,35,46,52H,7-9,14-19,21-22H2. The highest BCUT2D eigenvalue weighted by molar-refractivity contribution is 6.27. The van der Waals surface area contributed by atoms with Gasteiger partial charge in [-0.3, -0.25) is 19.3 Å². The number of carbonyl (C=O) groups excluding carboxylic acids is 3. The SMILES string of the molecule is O=C1c2c(OCc3ccccc3)cc(C3CCCN3)c(C(F)(F)F)c2CC2CC3C(N4CCCC4)c4onc(OCc5ccccc5)c4C(=O)C3(O)C(=O)C12. The van der Waals surface area contributed by atoms with E-state index in [9.17, 15) is 19.5 Å². The van der Waals surface area contributed by atoms with Gasteiger partial charge < -0.3 is 24.4 Å². The number of nitrogens with one attached hydrogen (secondary N) is 1. The average molecular weight is 756 g/mol. The van der Waals surface area contributed by atoms with Gasteiger partial charge >= 0.3 is 6.18 Å². The summed E-state index contributed by atoms with van der Waals surface area (Å²) in [4.78, 5) is 46.4. The molecule has 6 atom stereocenters. The van der Waals surface area contributed by atoms with Gasteiger partial charge in [0.05, 0.1) is 23.1 Å². The molecule has 2 N–H and O–H groups in total. The Morgan fingerprint density at radius 1 is 0.927 bits per heavy atom. The van der Waals surface area contributed by atoms with Crippen LogP contribution in [0.25, 0.3) is 0 Å². The first-order chi connectivity index (χ1) is 26.6. The molecule has 0 bridgehead atoms. The van der Waals surface area contributed by atoms with Crippen molar-refractivity contribution in [3.8, 4) is 11.6 Å². The second-order valence-electron chi connectivity index (χ2n) is 15.4. The molecule has 55 heavy (non-hydrogen) atoms. The lowest BCUT2D eigenvalue weighted by molar-refractivity contribution is -0.154. The zero-order chi connectivity index (χ0) is 38.1. The Morgan fingerprint density at radius 2 is 1.60 bits per heavy atom. The molecule has 6 unspecified atom stereocenters. The summed E-state index contributed by atoms with van der Waals surface area (Å²) in [6, 6.07) is 18.1. The van der Waals surface area contributed by atoms with Crippen LogP contribution in [0.3, 0.4) is 0 Å². The lowest BCUT2D eigenvalue weighted by atomic mass is 9.53. The lowest BCUT2D eigenvalue weighted by Gasteiger charge is -2.51. The number of hydrogen-bond acceptors (Lipinski definition) is 10. The zero-order valence-electron chi connectivity index (χ0n) is 29.9. The van der Waals surface area contributed by atoms with Crippen LogP contribution in [0.2, 0.25) is 0 Å². The van der Waals surface area contributed by atoms with Gasteiger partial charge in [0.15, 0.2) is 22.9 Å². The van der Waals surface area contributed by atoms with E-state index >= 15 is 13.2 Å². The average Bonchev–Trinajstić information content (AvgIpc) is 3.98. The van der Waals surface area contributed by atoms with Crippen LogP contribution in [0.4, 0.5) is 13.2 Å². The minimum Gasteiger partial charge on any atom is -0.488 e. The number of rotatable bonds is 8. The number of hydrogen-bond donors (Lipinski definition) is 2. The fraction of sp³-hybridized carbons (Fsp3) is 0.429. The fourth-order valence-electron chi connectivity index (χ4n) is 9.81. The number of ether oxygens (including phenoxy) is 2. The highest BCUT2D eigenvalue weighted by atomic mass is 19.4. The van der Waals surface area contributed by atoms with Crippen molar-refractivity contribution >= 4 is 17.3 Å². The van der Waals surface area contributed by atoms with Crippen LogP contribution in [-0.4, -0.2) is 57.7 Å². The molecule has 0 radical (unpaired) electrons. The van der Waals surface area contributed by atoms with Gasteiger partial charge in [0, 0.05) is 12.0 Å². The molecule has 2 aliphatic heterocycles. The Morgan fingerprint density at radius 3 is 2.24 bits per heavy atom. The Bertz CT molecular complexity index is 2140. The number of aromatic nitrogens is 1. The van der Waals surface area contributed by atoms with Crippen LogP contribution in [0.1, 0.15) is 98.5 Å². The number of halogens is 3. The molecule has 286 valence electrons. The summed E-state index contributed by atoms with van der Waals surface area (Å²) in [7, 11) is 0. The number of Topliss-reactive ketones (excluding diaryl/α,β-unsaturated/α-hetero) is 3. The van der Waals surface area contributed by atoms with Crippen LogP contribution in [0.5, 0.6) is 11.6 Å². The van der Waals surface area contributed by atoms with Crippen molar-refractivity contribution in [1.82, 2.24) is 15.4 Å². The molecule has 13 heteroatoms. The summed E-state index contributed by atoms with van der Waals surface area (Å²) in [5, 5.41) is 19.9. The number of benzene rings is 3. The number of nitrogens with zero attached hydrogens (tertiary/aromatic N) is 2. The van der Waals surface area contributed by atoms with Crippen molar-refractivity contribution in [3.63, 3.8) is 0 Å². The molecule has 3 heterocycles. The molecule has 1 aromatic heterocycles. The fourth-order valence-corrected chi connectivity index (χ4v) is 9.81. The maximum Gasteiger partial charge on any atom is 0.417 e. The molecule has 0 amide bonds. The van der Waals surface area contributed by atoms with Crippen molar-refractivity contribution in [3.05, 3.63) is 111 Å². The number of carbonyl (C=O) groups is 3. The van der Waals surface area contributed by atoms with E-state index in [0.29, 0.717) is 32.5 Å². The van der Waals surface area contributed by atoms with Gasteiger partial charge in [0.1, 0.15) is 24.5 Å². The summed E-state index contributed by atoms with van der Waals surface area (Å²) in [6.07, 6.45) is -2.36. The lowest BCUT2D eigenvalue weighted by Crippen LogP contribution is -2.66. The molecule has 2 saturated heterocycles. The summed E-state index contributed by atoms with van der Waals surface area (Å²) < 4.78 is 63.9. The highest BCUT2D eigenvalue weighted by Crippen LogP contribution is 2.57. The van der Waals surface area contributed by atoms with Gasteiger partial charge in [-0.15, -0.1) is 0 Å². The predicted octanol–water partition coefficient (Wildman–Crippen LogP) is 6.60. The number of alkyl halides is 3. The van der Waals surface area contributed by atoms with E-state index in [1.165, 1.54) is 6.07 Å². The number of ketones is 3. The maximum atomic E-state index is 15.3. The molecule has 3 aromatic carbocycles. The first kappa shape index (κ1) is 35.8. The minimum atomic E-state index is -4.82. The second kappa shape index (κ2) is 13.7. The van der Waals surface area contributed by atoms with E-state index in [1.807, 2.05) is 41.3 Å². The Balaban J connectivity index is 1.15. The van der Waals surface area contributed by atoms with Crippen molar-refractivity contribution in [2.75, 3.05) is 19.6 Å². The van der Waals surface area contributed by atoms with E-state index in [4.69, 9.17) is 14.0 Å². The minimum absolute atomic E-state index is 0.00817. The molecular formula is C42H40F3N3O7. The smallest absolute Gasteiger partial charge is 0.417 e. The summed E-state index contributed by atoms with van der Waals surface area (Å²) in [6.45, 7) is 1.70. The monoisotopic (exact) mass is 755 g/mol. The Labute approximate surface area is 315 Å². The van der Waals surface area contributed by atoms with Gasteiger partial charge in [0.25, 0.3) is 5.88 Å². The molecule has 3 aliphatic carbocycles. The van der Waals surface area contributed by atoms with E-state index in [1.54, 1.807) is 24.3 Å². The third-order valence-electron chi connectivity index (χ3n) is 12.3. The molecule has 5 aliphatic rings. The van der Waals surface area contributed by atoms with Gasteiger partial charge in [-0.05, 0) is 97.6 Å². The molecule has 10 nitrogen and oxygen atoms in total. The molecule has 4 aromatic rings. The molecule has 9 rings (SSSR count). The molecular weight excluding hydrogens is 715 g/mol. The van der Waals surface area contributed by atoms with Crippen molar-refractivity contribution < 1.29 is 46.7 Å². The highest BCUT2D eigenvalue weighted by Gasteiger charge is 2.68. The van der Waals surface area contributed by atoms with E-state index in [2.05, 4.69) is 10.5 Å². The van der Waals surface area contributed by atoms with Crippen LogP contribution in [0.15, 0.2) is 71.3 Å². The number of fused-ring (bicyclic) bond motifs is 4. The van der Waals surface area contributed by atoms with Gasteiger partial charge in [-0.25, -0.2) is 0 Å². The molecule has 0 spiro atoms. The predicted molar refractivity (Wildman–Crippen MR) is 190 cm³/mol. The first-order valence-electron chi connectivity index (χ1n) is 19.0. The van der Waals surface area contributed by atoms with E-state index in [0.717, 1.165) is 24.0 Å². The first-order valence-corrected chi connectivity index (χ1v) is 19.0. The van der Waals surface area contributed by atoms with Gasteiger partial charge in [0.2, 0.25) is 5.78 Å². The van der Waals surface area contributed by atoms with Gasteiger partial charge in [-0.2, -0.15) is 13.2 Å². The second-order valence-corrected chi connectivity index (χ2v) is 15.4. The molecule has 3 fully saturated rings. The Hall–Kier alpha value is -4.85. The number of likely N-dealkylation sites (tertiary alicyclic amines) is 1. The summed E-state index contributed by atoms with van der Waals surface area (Å²) in [5.74, 6) is -6.57. The van der Waals surface area contributed by atoms with Crippen LogP contribution in [0, 0.1) is 17.8 Å². The zero-order valence-corrected chi connectivity index (χ0v) is 29.9. The summed E-state index contributed by atoms with van der Waals surface area (Å²) >= 11 is 0. The van der Waals surface area contributed by atoms with Crippen molar-refractivity contribution in [2.45, 2.75) is 75.6 Å². The molecule has 1 saturated carbocycles. The van der Waals surface area contributed by atoms with Crippen LogP contribution < -0.4 is 14.8 Å². The quantitative estimate of drug-likeness (QED) is 0.190. The normalized spacial score (nSPS) is 27.7. The van der Waals surface area contributed by atoms with E-state index < -0.39 is 64.5 Å². The van der Waals surface area contributed by atoms with E-state index in [-0.39, 0.29) is 65.7 Å². The van der Waals surface area contributed by atoms with Gasteiger partial charge in [-0.1, -0.05) is 60.7 Å². The maximum absolute atomic E-state index is 15.3. The van der Waals surface area contributed by atoms with Crippen molar-refractivity contribution in [2.24, 2.45) is 17.8 Å². The van der Waals surface area contributed by atoms with Crippen LogP contribution in [-0.2, 0) is 30.6 Å². The van der Waals surface area contributed by atoms with Crippen molar-refractivity contribution in [1.29, 1.82) is 0 Å². The topological polar surface area (TPSA) is 131 Å². The Kier molecular flexibility index (Phi) is 8.93. The van der Waals surface area contributed by atoms with Crippen LogP contribution >= 0.6 is 0 Å². The largest absolute Gasteiger partial charge is 0.488 e. The third kappa shape index (κ3) is 5.89.